The summed E-state index contributed by atoms with van der Waals surface area (Å²) in [5.41, 5.74) is 6.79. The van der Waals surface area contributed by atoms with Gasteiger partial charge in [-0.3, -0.25) is 4.98 Å². The van der Waals surface area contributed by atoms with Gasteiger partial charge in [-0.2, -0.15) is 0 Å². The highest BCUT2D eigenvalue weighted by Gasteiger charge is 2.24. The zero-order chi connectivity index (χ0) is 16.8. The number of rotatable bonds is 4. The van der Waals surface area contributed by atoms with Gasteiger partial charge in [-0.15, -0.1) is 0 Å². The van der Waals surface area contributed by atoms with Crippen molar-refractivity contribution in [3.8, 4) is 0 Å². The van der Waals surface area contributed by atoms with Crippen LogP contribution in [0, 0.1) is 0 Å². The highest BCUT2D eigenvalue weighted by atomic mass is 35.5. The first-order valence-electron chi connectivity index (χ1n) is 9.24. The maximum Gasteiger partial charge on any atom is 0.0487 e. The molecule has 3 aromatic rings. The van der Waals surface area contributed by atoms with Crippen molar-refractivity contribution >= 4 is 22.5 Å². The number of halogens is 1. The molecule has 1 fully saturated rings. The molecule has 0 bridgehead atoms. The van der Waals surface area contributed by atoms with E-state index in [1.54, 1.807) is 0 Å². The molecule has 5 rings (SSSR count). The number of benzene rings is 1. The summed E-state index contributed by atoms with van der Waals surface area (Å²) in [5.74, 6) is 0.728. The van der Waals surface area contributed by atoms with E-state index in [2.05, 4.69) is 45.3 Å². The molecule has 1 saturated carbocycles. The molecule has 0 unspecified atom stereocenters. The molecule has 1 aliphatic carbocycles. The Labute approximate surface area is 153 Å². The lowest BCUT2D eigenvalue weighted by Gasteiger charge is -2.17. The number of pyridine rings is 1. The first kappa shape index (κ1) is 15.4. The fourth-order valence-electron chi connectivity index (χ4n) is 4.05. The molecule has 1 N–H and O–H groups in total. The van der Waals surface area contributed by atoms with Gasteiger partial charge in [0.15, 0.2) is 0 Å². The first-order valence-corrected chi connectivity index (χ1v) is 9.62. The average molecular weight is 352 g/mol. The van der Waals surface area contributed by atoms with Crippen LogP contribution in [0.25, 0.3) is 10.9 Å². The average Bonchev–Trinajstić information content (AvgIpc) is 3.45. The van der Waals surface area contributed by atoms with Gasteiger partial charge in [-0.25, -0.2) is 0 Å². The number of aromatic nitrogens is 2. The fourth-order valence-corrected chi connectivity index (χ4v) is 4.23. The summed E-state index contributed by atoms with van der Waals surface area (Å²) in [6, 6.07) is 10.8. The number of hydrogen-bond acceptors (Lipinski definition) is 2. The zero-order valence-electron chi connectivity index (χ0n) is 14.3. The third-order valence-corrected chi connectivity index (χ3v) is 5.79. The maximum atomic E-state index is 6.25. The topological polar surface area (TPSA) is 29.9 Å². The third-order valence-electron chi connectivity index (χ3n) is 5.56. The van der Waals surface area contributed by atoms with E-state index in [0.717, 1.165) is 43.4 Å². The smallest absolute Gasteiger partial charge is 0.0487 e. The number of hydrogen-bond donors (Lipinski definition) is 1. The molecule has 0 saturated heterocycles. The molecular weight excluding hydrogens is 330 g/mol. The van der Waals surface area contributed by atoms with Gasteiger partial charge in [0.1, 0.15) is 0 Å². The van der Waals surface area contributed by atoms with Gasteiger partial charge in [-0.1, -0.05) is 17.7 Å². The molecule has 2 aromatic heterocycles. The van der Waals surface area contributed by atoms with E-state index in [1.165, 1.54) is 46.3 Å². The van der Waals surface area contributed by atoms with Crippen LogP contribution >= 0.6 is 11.6 Å². The van der Waals surface area contributed by atoms with Crippen LogP contribution in [0.3, 0.4) is 0 Å². The van der Waals surface area contributed by atoms with Crippen LogP contribution in [0.15, 0.2) is 36.5 Å². The Morgan fingerprint density at radius 3 is 2.92 bits per heavy atom. The van der Waals surface area contributed by atoms with Crippen molar-refractivity contribution in [2.24, 2.45) is 0 Å². The maximum absolute atomic E-state index is 6.25. The summed E-state index contributed by atoms with van der Waals surface area (Å²) < 4.78 is 2.50. The summed E-state index contributed by atoms with van der Waals surface area (Å²) in [6.45, 7) is 2.99. The molecule has 3 heterocycles. The van der Waals surface area contributed by atoms with Crippen molar-refractivity contribution in [2.45, 2.75) is 44.7 Å². The van der Waals surface area contributed by atoms with E-state index in [1.807, 2.05) is 6.07 Å². The zero-order valence-corrected chi connectivity index (χ0v) is 15.0. The lowest BCUT2D eigenvalue weighted by molar-refractivity contribution is 0.594. The van der Waals surface area contributed by atoms with Crippen LogP contribution in [-0.2, 0) is 25.9 Å². The molecule has 3 nitrogen and oxygen atoms in total. The number of fused-ring (bicyclic) bond motifs is 3. The second-order valence-electron chi connectivity index (χ2n) is 7.28. The summed E-state index contributed by atoms with van der Waals surface area (Å²) >= 11 is 6.25. The summed E-state index contributed by atoms with van der Waals surface area (Å²) in [5, 5.41) is 5.62. The van der Waals surface area contributed by atoms with Crippen molar-refractivity contribution in [3.05, 3.63) is 64.1 Å². The van der Waals surface area contributed by atoms with Crippen molar-refractivity contribution < 1.29 is 0 Å². The quantitative estimate of drug-likeness (QED) is 0.752. The lowest BCUT2D eigenvalue weighted by atomic mass is 10.1. The number of nitrogens with zero attached hydrogens (tertiary/aromatic N) is 2. The van der Waals surface area contributed by atoms with Crippen LogP contribution in [-0.4, -0.2) is 16.1 Å². The summed E-state index contributed by atoms with van der Waals surface area (Å²) in [7, 11) is 0. The van der Waals surface area contributed by atoms with Crippen LogP contribution in [0.2, 0.25) is 5.02 Å². The molecule has 0 radical (unpaired) electrons. The third kappa shape index (κ3) is 2.86. The molecule has 1 aromatic carbocycles. The molecule has 128 valence electrons. The van der Waals surface area contributed by atoms with Gasteiger partial charge in [0.05, 0.1) is 0 Å². The molecule has 1 aliphatic heterocycles. The molecule has 0 spiro atoms. The van der Waals surface area contributed by atoms with E-state index in [4.69, 9.17) is 11.6 Å². The van der Waals surface area contributed by atoms with Gasteiger partial charge in [0.2, 0.25) is 0 Å². The van der Waals surface area contributed by atoms with Crippen molar-refractivity contribution in [1.29, 1.82) is 0 Å². The van der Waals surface area contributed by atoms with Gasteiger partial charge in [0.25, 0.3) is 0 Å². The standard InChI is InChI=1S/C21H22ClN3/c22-16-4-6-20-17(11-16)18-13-23-9-7-21(18)25(20)10-8-14-1-5-19(24-12-14)15-2-3-15/h1,4-6,11-12,15,23H,2-3,7-10,13H2. The molecule has 25 heavy (non-hydrogen) atoms. The van der Waals surface area contributed by atoms with Gasteiger partial charge in [-0.05, 0) is 54.7 Å². The molecule has 4 heteroatoms. The molecule has 0 amide bonds. The highest BCUT2D eigenvalue weighted by Crippen LogP contribution is 2.38. The Morgan fingerprint density at radius 2 is 2.12 bits per heavy atom. The minimum atomic E-state index is 0.728. The van der Waals surface area contributed by atoms with E-state index in [9.17, 15) is 0 Å². The SMILES string of the molecule is Clc1ccc2c(c1)c1c(n2CCc2ccc(C3CC3)nc2)CCNC1. The molecular formula is C21H22ClN3. The lowest BCUT2D eigenvalue weighted by Crippen LogP contribution is -2.24. The Balaban J connectivity index is 1.45. The monoisotopic (exact) mass is 351 g/mol. The van der Waals surface area contributed by atoms with Crippen LogP contribution < -0.4 is 5.32 Å². The van der Waals surface area contributed by atoms with Crippen LogP contribution in [0.4, 0.5) is 0 Å². The van der Waals surface area contributed by atoms with Gasteiger partial charge in [0, 0.05) is 65.5 Å². The van der Waals surface area contributed by atoms with Crippen molar-refractivity contribution in [1.82, 2.24) is 14.9 Å². The summed E-state index contributed by atoms with van der Waals surface area (Å²) in [6.07, 6.45) is 6.80. The largest absolute Gasteiger partial charge is 0.344 e. The van der Waals surface area contributed by atoms with E-state index in [-0.39, 0.29) is 0 Å². The predicted octanol–water partition coefficient (Wildman–Crippen LogP) is 4.46. The predicted molar refractivity (Wildman–Crippen MR) is 102 cm³/mol. The minimum Gasteiger partial charge on any atom is -0.344 e. The second kappa shape index (κ2) is 6.15. The van der Waals surface area contributed by atoms with Gasteiger partial charge >= 0.3 is 0 Å². The normalized spacial score (nSPS) is 17.0. The minimum absolute atomic E-state index is 0.728. The number of aryl methyl sites for hydroxylation is 2. The Morgan fingerprint density at radius 1 is 1.20 bits per heavy atom. The van der Waals surface area contributed by atoms with E-state index in [0.29, 0.717) is 0 Å². The fraction of sp³-hybridized carbons (Fsp3) is 0.381. The molecule has 0 atom stereocenters. The van der Waals surface area contributed by atoms with Crippen LogP contribution in [0.5, 0.6) is 0 Å². The Hall–Kier alpha value is -1.84. The highest BCUT2D eigenvalue weighted by molar-refractivity contribution is 6.31. The Bertz CT molecular complexity index is 922. The van der Waals surface area contributed by atoms with Crippen LogP contribution in [0.1, 0.15) is 41.3 Å². The van der Waals surface area contributed by atoms with Crippen molar-refractivity contribution in [3.63, 3.8) is 0 Å². The van der Waals surface area contributed by atoms with E-state index < -0.39 is 0 Å². The van der Waals surface area contributed by atoms with E-state index >= 15 is 0 Å². The molecule has 2 aliphatic rings. The summed E-state index contributed by atoms with van der Waals surface area (Å²) in [4.78, 5) is 4.67. The first-order chi connectivity index (χ1) is 12.3. The van der Waals surface area contributed by atoms with Gasteiger partial charge < -0.3 is 9.88 Å². The second-order valence-corrected chi connectivity index (χ2v) is 7.72. The number of nitrogens with one attached hydrogen (secondary N) is 1. The Kier molecular flexibility index (Phi) is 3.79. The van der Waals surface area contributed by atoms with Crippen molar-refractivity contribution in [2.75, 3.05) is 6.54 Å².